The van der Waals surface area contributed by atoms with E-state index < -0.39 is 0 Å². The summed E-state index contributed by atoms with van der Waals surface area (Å²) >= 11 is 13.7. The second-order valence-electron chi connectivity index (χ2n) is 4.11. The molecule has 0 unspecified atom stereocenters. The van der Waals surface area contributed by atoms with E-state index in [1.54, 1.807) is 29.5 Å². The van der Waals surface area contributed by atoms with Crippen molar-refractivity contribution < 1.29 is 4.74 Å². The Morgan fingerprint density at radius 2 is 2.05 bits per heavy atom. The summed E-state index contributed by atoms with van der Waals surface area (Å²) in [4.78, 5) is 2.66. The van der Waals surface area contributed by atoms with Crippen LogP contribution in [0.5, 0.6) is 5.75 Å². The average molecular weight is 316 g/mol. The molecule has 2 aromatic rings. The van der Waals surface area contributed by atoms with Crippen LogP contribution >= 0.6 is 34.5 Å². The fourth-order valence-corrected chi connectivity index (χ4v) is 2.81. The minimum Gasteiger partial charge on any atom is -0.491 e. The zero-order valence-electron chi connectivity index (χ0n) is 10.6. The van der Waals surface area contributed by atoms with E-state index in [0.29, 0.717) is 22.4 Å². The van der Waals surface area contributed by atoms with Crippen LogP contribution in [-0.4, -0.2) is 13.2 Å². The summed E-state index contributed by atoms with van der Waals surface area (Å²) in [5.41, 5.74) is 0. The maximum absolute atomic E-state index is 6.01. The van der Waals surface area contributed by atoms with Crippen molar-refractivity contribution in [3.63, 3.8) is 0 Å². The van der Waals surface area contributed by atoms with E-state index in [1.807, 2.05) is 0 Å². The average Bonchev–Trinajstić information content (AvgIpc) is 2.79. The third-order valence-corrected chi connectivity index (χ3v) is 4.07. The Bertz CT molecular complexity index is 542. The molecule has 0 aliphatic rings. The zero-order valence-corrected chi connectivity index (χ0v) is 12.9. The van der Waals surface area contributed by atoms with Crippen molar-refractivity contribution in [3.05, 3.63) is 50.1 Å². The Labute approximate surface area is 127 Å². The van der Waals surface area contributed by atoms with Crippen LogP contribution in [0.15, 0.2) is 30.3 Å². The molecular weight excluding hydrogens is 301 g/mol. The predicted octanol–water partition coefficient (Wildman–Crippen LogP) is 4.53. The largest absolute Gasteiger partial charge is 0.491 e. The third kappa shape index (κ3) is 4.69. The van der Waals surface area contributed by atoms with E-state index in [-0.39, 0.29) is 0 Å². The summed E-state index contributed by atoms with van der Waals surface area (Å²) in [7, 11) is 0. The number of halogens is 2. The van der Waals surface area contributed by atoms with Gasteiger partial charge in [-0.3, -0.25) is 0 Å². The Hall–Kier alpha value is -0.740. The molecule has 1 aromatic carbocycles. The van der Waals surface area contributed by atoms with Gasteiger partial charge in [0, 0.05) is 33.9 Å². The molecule has 5 heteroatoms. The van der Waals surface area contributed by atoms with E-state index in [1.165, 1.54) is 9.75 Å². The van der Waals surface area contributed by atoms with Crippen LogP contribution < -0.4 is 10.1 Å². The van der Waals surface area contributed by atoms with Gasteiger partial charge in [0.25, 0.3) is 0 Å². The minimum absolute atomic E-state index is 0.560. The molecule has 19 heavy (non-hydrogen) atoms. The normalized spacial score (nSPS) is 10.7. The highest BCUT2D eigenvalue weighted by Gasteiger charge is 2.02. The summed E-state index contributed by atoms with van der Waals surface area (Å²) in [5, 5.41) is 4.54. The Morgan fingerprint density at radius 3 is 2.79 bits per heavy atom. The van der Waals surface area contributed by atoms with Crippen LogP contribution in [-0.2, 0) is 6.54 Å². The quantitative estimate of drug-likeness (QED) is 0.791. The van der Waals surface area contributed by atoms with Gasteiger partial charge in [-0.15, -0.1) is 11.3 Å². The smallest absolute Gasteiger partial charge is 0.139 e. The molecule has 0 saturated heterocycles. The van der Waals surface area contributed by atoms with Crippen LogP contribution in [0, 0.1) is 6.92 Å². The second kappa shape index (κ2) is 7.15. The molecule has 2 nitrogen and oxygen atoms in total. The van der Waals surface area contributed by atoms with Gasteiger partial charge in [-0.25, -0.2) is 0 Å². The van der Waals surface area contributed by atoms with E-state index in [0.717, 1.165) is 13.1 Å². The lowest BCUT2D eigenvalue weighted by molar-refractivity contribution is 0.314. The number of hydrogen-bond acceptors (Lipinski definition) is 3. The molecule has 0 fully saturated rings. The Kier molecular flexibility index (Phi) is 5.52. The topological polar surface area (TPSA) is 21.3 Å². The molecule has 0 atom stereocenters. The highest BCUT2D eigenvalue weighted by atomic mass is 35.5. The number of nitrogens with one attached hydrogen (secondary N) is 1. The molecular formula is C14H15Cl2NOS. The Balaban J connectivity index is 1.70. The van der Waals surface area contributed by atoms with Crippen molar-refractivity contribution in [2.24, 2.45) is 0 Å². The van der Waals surface area contributed by atoms with Crippen molar-refractivity contribution in [1.82, 2.24) is 5.32 Å². The van der Waals surface area contributed by atoms with E-state index in [2.05, 4.69) is 24.4 Å². The molecule has 1 aromatic heterocycles. The van der Waals surface area contributed by atoms with Crippen LogP contribution in [0.2, 0.25) is 10.0 Å². The SMILES string of the molecule is Cc1ccc(CNCCOc2cc(Cl)ccc2Cl)s1. The van der Waals surface area contributed by atoms with Gasteiger partial charge in [0.15, 0.2) is 0 Å². The number of ether oxygens (including phenoxy) is 1. The molecule has 0 spiro atoms. The van der Waals surface area contributed by atoms with Crippen molar-refractivity contribution in [2.75, 3.05) is 13.2 Å². The van der Waals surface area contributed by atoms with Gasteiger partial charge in [-0.05, 0) is 31.2 Å². The van der Waals surface area contributed by atoms with Crippen LogP contribution in [0.1, 0.15) is 9.75 Å². The van der Waals surface area contributed by atoms with Crippen LogP contribution in [0.3, 0.4) is 0 Å². The number of rotatable bonds is 6. The highest BCUT2D eigenvalue weighted by Crippen LogP contribution is 2.27. The van der Waals surface area contributed by atoms with Crippen LogP contribution in [0.4, 0.5) is 0 Å². The summed E-state index contributed by atoms with van der Waals surface area (Å²) in [6, 6.07) is 9.48. The molecule has 102 valence electrons. The summed E-state index contributed by atoms with van der Waals surface area (Å²) in [6.45, 7) is 4.30. The second-order valence-corrected chi connectivity index (χ2v) is 6.33. The van der Waals surface area contributed by atoms with Crippen molar-refractivity contribution in [2.45, 2.75) is 13.5 Å². The molecule has 0 saturated carbocycles. The summed E-state index contributed by atoms with van der Waals surface area (Å²) in [6.07, 6.45) is 0. The molecule has 2 rings (SSSR count). The standard InChI is InChI=1S/C14H15Cl2NOS/c1-10-2-4-12(19-10)9-17-6-7-18-14-8-11(15)3-5-13(14)16/h2-5,8,17H,6-7,9H2,1H3. The number of aryl methyl sites for hydroxylation is 1. The highest BCUT2D eigenvalue weighted by molar-refractivity contribution is 7.11. The first-order chi connectivity index (χ1) is 9.15. The zero-order chi connectivity index (χ0) is 13.7. The van der Waals surface area contributed by atoms with Gasteiger partial charge in [-0.2, -0.15) is 0 Å². The maximum Gasteiger partial charge on any atom is 0.139 e. The molecule has 0 aliphatic carbocycles. The van der Waals surface area contributed by atoms with Crippen molar-refractivity contribution in [1.29, 1.82) is 0 Å². The molecule has 0 amide bonds. The minimum atomic E-state index is 0.560. The number of thiophene rings is 1. The molecule has 1 heterocycles. The maximum atomic E-state index is 6.01. The van der Waals surface area contributed by atoms with Gasteiger partial charge < -0.3 is 10.1 Å². The van der Waals surface area contributed by atoms with E-state index in [9.17, 15) is 0 Å². The van der Waals surface area contributed by atoms with E-state index in [4.69, 9.17) is 27.9 Å². The molecule has 1 N–H and O–H groups in total. The first-order valence-corrected chi connectivity index (χ1v) is 7.56. The van der Waals surface area contributed by atoms with Crippen molar-refractivity contribution >= 4 is 34.5 Å². The van der Waals surface area contributed by atoms with Crippen molar-refractivity contribution in [3.8, 4) is 5.75 Å². The number of benzene rings is 1. The Morgan fingerprint density at radius 1 is 1.21 bits per heavy atom. The van der Waals surface area contributed by atoms with Gasteiger partial charge in [-0.1, -0.05) is 23.2 Å². The summed E-state index contributed by atoms with van der Waals surface area (Å²) < 4.78 is 5.59. The number of hydrogen-bond donors (Lipinski definition) is 1. The van der Waals surface area contributed by atoms with Gasteiger partial charge in [0.05, 0.1) is 5.02 Å². The van der Waals surface area contributed by atoms with Gasteiger partial charge in [0.2, 0.25) is 0 Å². The monoisotopic (exact) mass is 315 g/mol. The molecule has 0 aliphatic heterocycles. The lowest BCUT2D eigenvalue weighted by atomic mass is 10.3. The first-order valence-electron chi connectivity index (χ1n) is 5.99. The van der Waals surface area contributed by atoms with E-state index >= 15 is 0 Å². The molecule has 0 bridgehead atoms. The van der Waals surface area contributed by atoms with Crippen LogP contribution in [0.25, 0.3) is 0 Å². The fourth-order valence-electron chi connectivity index (χ4n) is 1.61. The third-order valence-electron chi connectivity index (χ3n) is 2.52. The summed E-state index contributed by atoms with van der Waals surface area (Å²) in [5.74, 6) is 0.628. The van der Waals surface area contributed by atoms with Gasteiger partial charge >= 0.3 is 0 Å². The predicted molar refractivity (Wildman–Crippen MR) is 82.7 cm³/mol. The molecule has 0 radical (unpaired) electrons. The lowest BCUT2D eigenvalue weighted by Crippen LogP contribution is -2.20. The fraction of sp³-hybridized carbons (Fsp3) is 0.286. The van der Waals surface area contributed by atoms with Gasteiger partial charge in [0.1, 0.15) is 12.4 Å². The lowest BCUT2D eigenvalue weighted by Gasteiger charge is -2.08. The first kappa shape index (κ1) is 14.7.